The Morgan fingerprint density at radius 2 is 2.00 bits per heavy atom. The topological polar surface area (TPSA) is 120 Å². The number of methoxy groups -OCH3 is 1. The van der Waals surface area contributed by atoms with Gasteiger partial charge in [0.25, 0.3) is 5.89 Å². The highest BCUT2D eigenvalue weighted by atomic mass is 35.5. The monoisotopic (exact) mass is 414 g/mol. The zero-order chi connectivity index (χ0) is 18.8. The van der Waals surface area contributed by atoms with Crippen molar-refractivity contribution < 1.29 is 17.7 Å². The maximum absolute atomic E-state index is 12.1. The van der Waals surface area contributed by atoms with E-state index in [1.807, 2.05) is 0 Å². The molecule has 1 aromatic heterocycles. The molecule has 0 spiro atoms. The number of rotatable bonds is 6. The van der Waals surface area contributed by atoms with E-state index in [4.69, 9.17) is 15.0 Å². The van der Waals surface area contributed by atoms with Crippen molar-refractivity contribution in [1.82, 2.24) is 14.9 Å². The summed E-state index contributed by atoms with van der Waals surface area (Å²) in [6.07, 6.45) is 7.14. The van der Waals surface area contributed by atoms with Gasteiger partial charge in [-0.1, -0.05) is 24.1 Å². The second kappa shape index (κ2) is 8.39. The molecule has 0 amide bonds. The predicted octanol–water partition coefficient (Wildman–Crippen LogP) is 2.31. The van der Waals surface area contributed by atoms with E-state index in [2.05, 4.69) is 14.9 Å². The van der Waals surface area contributed by atoms with Gasteiger partial charge in [-0.25, -0.2) is 13.1 Å². The van der Waals surface area contributed by atoms with E-state index >= 15 is 0 Å². The summed E-state index contributed by atoms with van der Waals surface area (Å²) in [5, 5.41) is 3.99. The number of aromatic nitrogens is 2. The lowest BCUT2D eigenvalue weighted by atomic mass is 9.99. The number of hydrogen-bond donors (Lipinski definition) is 2. The van der Waals surface area contributed by atoms with Crippen LogP contribution in [0.15, 0.2) is 27.6 Å². The Labute approximate surface area is 164 Å². The van der Waals surface area contributed by atoms with Crippen LogP contribution in [-0.2, 0) is 15.6 Å². The minimum atomic E-state index is -3.64. The van der Waals surface area contributed by atoms with Gasteiger partial charge in [-0.05, 0) is 43.7 Å². The first-order chi connectivity index (χ1) is 12.4. The molecular formula is C17H23ClN4O4S. The highest BCUT2D eigenvalue weighted by Crippen LogP contribution is 2.34. The number of halogens is 1. The average Bonchev–Trinajstić information content (AvgIpc) is 3.30. The van der Waals surface area contributed by atoms with Crippen LogP contribution in [0.4, 0.5) is 0 Å². The molecule has 148 valence electrons. The summed E-state index contributed by atoms with van der Waals surface area (Å²) in [6.45, 7) is 0. The number of ether oxygens (including phenoxy) is 1. The summed E-state index contributed by atoms with van der Waals surface area (Å²) in [4.78, 5) is 4.41. The van der Waals surface area contributed by atoms with Crippen LogP contribution in [0.5, 0.6) is 5.75 Å². The molecule has 1 aliphatic rings. The lowest BCUT2D eigenvalue weighted by Gasteiger charge is -2.17. The molecule has 27 heavy (non-hydrogen) atoms. The minimum Gasteiger partial charge on any atom is -0.495 e. The van der Waals surface area contributed by atoms with E-state index in [0.717, 1.165) is 25.7 Å². The molecule has 3 N–H and O–H groups in total. The molecule has 1 fully saturated rings. The Morgan fingerprint density at radius 1 is 1.30 bits per heavy atom. The fourth-order valence-corrected chi connectivity index (χ4v) is 3.95. The Kier molecular flexibility index (Phi) is 6.63. The van der Waals surface area contributed by atoms with Crippen molar-refractivity contribution >= 4 is 34.6 Å². The van der Waals surface area contributed by atoms with E-state index in [1.54, 1.807) is 24.3 Å². The molecule has 1 aromatic carbocycles. The summed E-state index contributed by atoms with van der Waals surface area (Å²) < 4.78 is 36.9. The van der Waals surface area contributed by atoms with E-state index in [0.29, 0.717) is 17.3 Å². The van der Waals surface area contributed by atoms with Crippen molar-refractivity contribution in [2.24, 2.45) is 5.73 Å². The third-order valence-corrected chi connectivity index (χ3v) is 5.98. The zero-order valence-corrected chi connectivity index (χ0v) is 16.8. The van der Waals surface area contributed by atoms with Crippen molar-refractivity contribution in [2.45, 2.75) is 36.1 Å². The van der Waals surface area contributed by atoms with Crippen molar-refractivity contribution in [3.8, 4) is 5.75 Å². The third-order valence-electron chi connectivity index (χ3n) is 4.55. The van der Waals surface area contributed by atoms with Crippen LogP contribution in [0.2, 0.25) is 0 Å². The smallest absolute Gasteiger partial charge is 0.250 e. The standard InChI is InChI=1S/C17H22N4O4S.ClH/c1-19-26(22,23)14-11-12(5-7-13(14)24-2)6-8-15-20-16(21-25-15)17(18)9-3-4-10-17;/h5-8,11,19H,3-4,9-10,18H2,1-2H3;1H/b8-6+;. The molecular weight excluding hydrogens is 392 g/mol. The molecule has 0 aliphatic heterocycles. The summed E-state index contributed by atoms with van der Waals surface area (Å²) in [7, 11) is -0.866. The quantitative estimate of drug-likeness (QED) is 0.743. The van der Waals surface area contributed by atoms with Gasteiger partial charge in [0.1, 0.15) is 10.6 Å². The summed E-state index contributed by atoms with van der Waals surface area (Å²) in [5.74, 6) is 1.11. The van der Waals surface area contributed by atoms with Crippen LogP contribution in [0.3, 0.4) is 0 Å². The van der Waals surface area contributed by atoms with Gasteiger partial charge in [-0.2, -0.15) is 4.98 Å². The second-order valence-electron chi connectivity index (χ2n) is 6.27. The third kappa shape index (κ3) is 4.49. The normalized spacial score (nSPS) is 16.4. The van der Waals surface area contributed by atoms with Gasteiger partial charge in [-0.15, -0.1) is 12.4 Å². The molecule has 1 heterocycles. The zero-order valence-electron chi connectivity index (χ0n) is 15.1. The number of hydrogen-bond acceptors (Lipinski definition) is 7. The largest absolute Gasteiger partial charge is 0.495 e. The second-order valence-corrected chi connectivity index (χ2v) is 8.13. The average molecular weight is 415 g/mol. The van der Waals surface area contributed by atoms with Gasteiger partial charge < -0.3 is 15.0 Å². The fraction of sp³-hybridized carbons (Fsp3) is 0.412. The summed E-state index contributed by atoms with van der Waals surface area (Å²) in [6, 6.07) is 4.85. The number of benzene rings is 1. The number of sulfonamides is 1. The Morgan fingerprint density at radius 3 is 2.63 bits per heavy atom. The summed E-state index contributed by atoms with van der Waals surface area (Å²) in [5.41, 5.74) is 6.46. The van der Waals surface area contributed by atoms with Crippen molar-refractivity contribution in [3.63, 3.8) is 0 Å². The molecule has 3 rings (SSSR count). The highest BCUT2D eigenvalue weighted by Gasteiger charge is 2.35. The lowest BCUT2D eigenvalue weighted by Crippen LogP contribution is -2.34. The van der Waals surface area contributed by atoms with E-state index in [1.165, 1.54) is 20.2 Å². The van der Waals surface area contributed by atoms with E-state index in [9.17, 15) is 8.42 Å². The van der Waals surface area contributed by atoms with Gasteiger partial charge in [0.05, 0.1) is 12.6 Å². The number of nitrogens with zero attached hydrogens (tertiary/aromatic N) is 2. The fourth-order valence-electron chi connectivity index (χ4n) is 3.02. The molecule has 1 saturated carbocycles. The minimum absolute atomic E-state index is 0. The van der Waals surface area contributed by atoms with Crippen LogP contribution < -0.4 is 15.2 Å². The molecule has 0 bridgehead atoms. The van der Waals surface area contributed by atoms with Crippen LogP contribution in [-0.4, -0.2) is 32.7 Å². The highest BCUT2D eigenvalue weighted by molar-refractivity contribution is 7.89. The van der Waals surface area contributed by atoms with Gasteiger partial charge >= 0.3 is 0 Å². The van der Waals surface area contributed by atoms with Crippen molar-refractivity contribution in [1.29, 1.82) is 0 Å². The van der Waals surface area contributed by atoms with Gasteiger partial charge in [-0.3, -0.25) is 0 Å². The number of nitrogens with two attached hydrogens (primary N) is 1. The first kappa shape index (κ1) is 21.4. The first-order valence-corrected chi connectivity index (χ1v) is 9.79. The van der Waals surface area contributed by atoms with Gasteiger partial charge in [0.15, 0.2) is 5.82 Å². The van der Waals surface area contributed by atoms with E-state index < -0.39 is 15.6 Å². The number of nitrogens with one attached hydrogen (secondary N) is 1. The van der Waals surface area contributed by atoms with Crippen molar-refractivity contribution in [3.05, 3.63) is 35.5 Å². The van der Waals surface area contributed by atoms with Crippen molar-refractivity contribution in [2.75, 3.05) is 14.2 Å². The molecule has 0 saturated heterocycles. The summed E-state index contributed by atoms with van der Waals surface area (Å²) >= 11 is 0. The van der Waals surface area contributed by atoms with Crippen LogP contribution in [0, 0.1) is 0 Å². The molecule has 8 nitrogen and oxygen atoms in total. The van der Waals surface area contributed by atoms with Gasteiger partial charge in [0.2, 0.25) is 10.0 Å². The first-order valence-electron chi connectivity index (χ1n) is 8.31. The Bertz CT molecular complexity index is 921. The Hall–Kier alpha value is -1.94. The SMILES string of the molecule is CNS(=O)(=O)c1cc(/C=C/c2nc(C3(N)CCCC3)no2)ccc1OC.Cl. The van der Waals surface area contributed by atoms with Crippen LogP contribution >= 0.6 is 12.4 Å². The Balaban J connectivity index is 0.00000261. The lowest BCUT2D eigenvalue weighted by molar-refractivity contribution is 0.364. The molecule has 0 atom stereocenters. The predicted molar refractivity (Wildman–Crippen MR) is 104 cm³/mol. The molecule has 2 aromatic rings. The molecule has 10 heteroatoms. The van der Waals surface area contributed by atoms with Crippen LogP contribution in [0.25, 0.3) is 12.2 Å². The van der Waals surface area contributed by atoms with E-state index in [-0.39, 0.29) is 23.1 Å². The molecule has 0 radical (unpaired) electrons. The maximum atomic E-state index is 12.1. The van der Waals surface area contributed by atoms with Crippen LogP contribution in [0.1, 0.15) is 43.0 Å². The molecule has 1 aliphatic carbocycles. The maximum Gasteiger partial charge on any atom is 0.250 e. The molecule has 0 unspecified atom stereocenters. The van der Waals surface area contributed by atoms with Gasteiger partial charge in [0, 0.05) is 6.08 Å².